The van der Waals surface area contributed by atoms with E-state index in [4.69, 9.17) is 0 Å². The van der Waals surface area contributed by atoms with Crippen LogP contribution in [0.3, 0.4) is 0 Å². The highest BCUT2D eigenvalue weighted by Gasteiger charge is 2.29. The van der Waals surface area contributed by atoms with Gasteiger partial charge in [-0.05, 0) is 49.3 Å². The van der Waals surface area contributed by atoms with Gasteiger partial charge in [-0.3, -0.25) is 9.59 Å². The minimum Gasteiger partial charge on any atom is -0.352 e. The molecule has 0 spiro atoms. The van der Waals surface area contributed by atoms with Crippen molar-refractivity contribution in [1.29, 1.82) is 0 Å². The Morgan fingerprint density at radius 2 is 1.74 bits per heavy atom. The predicted octanol–water partition coefficient (Wildman–Crippen LogP) is 3.02. The molecule has 2 fully saturated rings. The Kier molecular flexibility index (Phi) is 4.99. The molecule has 0 saturated heterocycles. The third-order valence-electron chi connectivity index (χ3n) is 5.06. The lowest BCUT2D eigenvalue weighted by Gasteiger charge is -2.29. The van der Waals surface area contributed by atoms with Crippen LogP contribution in [0.1, 0.15) is 61.4 Å². The van der Waals surface area contributed by atoms with Crippen LogP contribution in [0, 0.1) is 11.8 Å². The summed E-state index contributed by atoms with van der Waals surface area (Å²) in [6.07, 6.45) is 6.79. The molecule has 2 aliphatic rings. The lowest BCUT2D eigenvalue weighted by molar-refractivity contribution is -0.122. The summed E-state index contributed by atoms with van der Waals surface area (Å²) in [4.78, 5) is 24.0. The fourth-order valence-corrected chi connectivity index (χ4v) is 3.24. The average molecular weight is 314 g/mol. The zero-order chi connectivity index (χ0) is 16.2. The highest BCUT2D eigenvalue weighted by molar-refractivity contribution is 5.94. The molecule has 0 aromatic heterocycles. The summed E-state index contributed by atoms with van der Waals surface area (Å²) in [5.41, 5.74) is 1.72. The molecule has 23 heavy (non-hydrogen) atoms. The van der Waals surface area contributed by atoms with E-state index in [2.05, 4.69) is 17.6 Å². The maximum atomic E-state index is 12.4. The first-order valence-electron chi connectivity index (χ1n) is 8.81. The summed E-state index contributed by atoms with van der Waals surface area (Å²) >= 11 is 0. The number of rotatable bonds is 5. The smallest absolute Gasteiger partial charge is 0.251 e. The van der Waals surface area contributed by atoms with Gasteiger partial charge in [0.25, 0.3) is 5.91 Å². The van der Waals surface area contributed by atoms with E-state index in [9.17, 15) is 9.59 Å². The molecule has 0 bridgehead atoms. The fourth-order valence-electron chi connectivity index (χ4n) is 3.24. The van der Waals surface area contributed by atoms with Gasteiger partial charge >= 0.3 is 0 Å². The van der Waals surface area contributed by atoms with Crippen LogP contribution in [-0.2, 0) is 11.3 Å². The summed E-state index contributed by atoms with van der Waals surface area (Å²) in [7, 11) is 0. The van der Waals surface area contributed by atoms with Crippen molar-refractivity contribution in [2.45, 2.75) is 58.0 Å². The van der Waals surface area contributed by atoms with Crippen molar-refractivity contribution in [1.82, 2.24) is 10.6 Å². The van der Waals surface area contributed by atoms with Gasteiger partial charge in [-0.25, -0.2) is 0 Å². The lowest BCUT2D eigenvalue weighted by Crippen LogP contribution is -2.41. The van der Waals surface area contributed by atoms with Crippen molar-refractivity contribution in [3.05, 3.63) is 35.4 Å². The van der Waals surface area contributed by atoms with Crippen LogP contribution in [0.25, 0.3) is 0 Å². The number of benzene rings is 1. The zero-order valence-corrected chi connectivity index (χ0v) is 13.8. The van der Waals surface area contributed by atoms with Crippen molar-refractivity contribution in [2.75, 3.05) is 0 Å². The standard InChI is InChI=1S/C19H26N2O2/c1-13-4-2-3-5-17(13)21-19(23)16-8-6-14(7-9-16)12-20-18(22)15-10-11-15/h6-9,13,15,17H,2-5,10-12H2,1H3,(H,20,22)(H,21,23). The van der Waals surface area contributed by atoms with Crippen LogP contribution < -0.4 is 10.6 Å². The quantitative estimate of drug-likeness (QED) is 0.877. The van der Waals surface area contributed by atoms with Crippen molar-refractivity contribution in [3.8, 4) is 0 Å². The van der Waals surface area contributed by atoms with Gasteiger partial charge in [0.05, 0.1) is 0 Å². The Morgan fingerprint density at radius 1 is 1.04 bits per heavy atom. The summed E-state index contributed by atoms with van der Waals surface area (Å²) in [6, 6.07) is 7.84. The molecule has 2 saturated carbocycles. The molecule has 0 heterocycles. The van der Waals surface area contributed by atoms with Gasteiger partial charge in [0.1, 0.15) is 0 Å². The van der Waals surface area contributed by atoms with Crippen LogP contribution in [0.4, 0.5) is 0 Å². The van der Waals surface area contributed by atoms with Crippen LogP contribution in [0.2, 0.25) is 0 Å². The summed E-state index contributed by atoms with van der Waals surface area (Å²) in [6.45, 7) is 2.76. The Balaban J connectivity index is 1.51. The Bertz CT molecular complexity index is 563. The zero-order valence-electron chi connectivity index (χ0n) is 13.8. The van der Waals surface area contributed by atoms with E-state index < -0.39 is 0 Å². The molecule has 1 aromatic carbocycles. The molecule has 124 valence electrons. The molecule has 0 radical (unpaired) electrons. The maximum Gasteiger partial charge on any atom is 0.251 e. The monoisotopic (exact) mass is 314 g/mol. The third kappa shape index (κ3) is 4.34. The van der Waals surface area contributed by atoms with E-state index in [-0.39, 0.29) is 17.7 Å². The first kappa shape index (κ1) is 16.0. The van der Waals surface area contributed by atoms with Gasteiger partial charge in [0.15, 0.2) is 0 Å². The summed E-state index contributed by atoms with van der Waals surface area (Å²) < 4.78 is 0. The molecule has 3 rings (SSSR count). The molecule has 2 unspecified atom stereocenters. The molecule has 0 aliphatic heterocycles. The van der Waals surface area contributed by atoms with Gasteiger partial charge in [0.2, 0.25) is 5.91 Å². The second kappa shape index (κ2) is 7.16. The molecule has 4 heteroatoms. The number of nitrogens with one attached hydrogen (secondary N) is 2. The molecule has 2 N–H and O–H groups in total. The minimum absolute atomic E-state index is 0.0114. The Labute approximate surface area is 138 Å². The Hall–Kier alpha value is -1.84. The van der Waals surface area contributed by atoms with E-state index in [1.165, 1.54) is 19.3 Å². The molecule has 4 nitrogen and oxygen atoms in total. The number of hydrogen-bond donors (Lipinski definition) is 2. The van der Waals surface area contributed by atoms with Crippen molar-refractivity contribution in [2.24, 2.45) is 11.8 Å². The average Bonchev–Trinajstić information content (AvgIpc) is 3.40. The number of amides is 2. The topological polar surface area (TPSA) is 58.2 Å². The molecule has 2 amide bonds. The number of carbonyl (C=O) groups is 2. The molecular weight excluding hydrogens is 288 g/mol. The molecule has 1 aromatic rings. The Morgan fingerprint density at radius 3 is 2.39 bits per heavy atom. The maximum absolute atomic E-state index is 12.4. The molecule has 2 aliphatic carbocycles. The molecule has 2 atom stereocenters. The van der Waals surface area contributed by atoms with Gasteiger partial charge < -0.3 is 10.6 Å². The first-order valence-corrected chi connectivity index (χ1v) is 8.81. The van der Waals surface area contributed by atoms with Gasteiger partial charge in [-0.1, -0.05) is 31.9 Å². The van der Waals surface area contributed by atoms with E-state index in [1.54, 1.807) is 0 Å². The van der Waals surface area contributed by atoms with Gasteiger partial charge in [-0.2, -0.15) is 0 Å². The van der Waals surface area contributed by atoms with Gasteiger partial charge in [-0.15, -0.1) is 0 Å². The first-order chi connectivity index (χ1) is 11.1. The molecular formula is C19H26N2O2. The normalized spacial score (nSPS) is 24.0. The number of hydrogen-bond acceptors (Lipinski definition) is 2. The highest BCUT2D eigenvalue weighted by Crippen LogP contribution is 2.28. The van der Waals surface area contributed by atoms with Crippen LogP contribution in [0.5, 0.6) is 0 Å². The SMILES string of the molecule is CC1CCCCC1NC(=O)c1ccc(CNC(=O)C2CC2)cc1. The lowest BCUT2D eigenvalue weighted by atomic mass is 9.86. The van der Waals surface area contributed by atoms with Crippen LogP contribution >= 0.6 is 0 Å². The number of carbonyl (C=O) groups excluding carboxylic acids is 2. The second-order valence-corrected chi connectivity index (χ2v) is 7.03. The van der Waals surface area contributed by atoms with E-state index in [0.29, 0.717) is 24.1 Å². The van der Waals surface area contributed by atoms with Crippen LogP contribution in [0.15, 0.2) is 24.3 Å². The largest absolute Gasteiger partial charge is 0.352 e. The fraction of sp³-hybridized carbons (Fsp3) is 0.579. The van der Waals surface area contributed by atoms with E-state index in [0.717, 1.165) is 24.8 Å². The van der Waals surface area contributed by atoms with Crippen molar-refractivity contribution >= 4 is 11.8 Å². The van der Waals surface area contributed by atoms with Crippen LogP contribution in [-0.4, -0.2) is 17.9 Å². The third-order valence-corrected chi connectivity index (χ3v) is 5.06. The summed E-state index contributed by atoms with van der Waals surface area (Å²) in [5, 5.41) is 6.11. The van der Waals surface area contributed by atoms with Gasteiger partial charge in [0, 0.05) is 24.1 Å². The highest BCUT2D eigenvalue weighted by atomic mass is 16.2. The minimum atomic E-state index is 0.0114. The van der Waals surface area contributed by atoms with E-state index in [1.807, 2.05) is 24.3 Å². The second-order valence-electron chi connectivity index (χ2n) is 7.03. The van der Waals surface area contributed by atoms with Crippen molar-refractivity contribution in [3.63, 3.8) is 0 Å². The van der Waals surface area contributed by atoms with Crippen molar-refractivity contribution < 1.29 is 9.59 Å². The predicted molar refractivity (Wildman–Crippen MR) is 89.9 cm³/mol. The van der Waals surface area contributed by atoms with E-state index >= 15 is 0 Å². The summed E-state index contributed by atoms with van der Waals surface area (Å²) in [5.74, 6) is 0.956.